The smallest absolute Gasteiger partial charge is 0.246 e. The zero-order chi connectivity index (χ0) is 13.3. The molecule has 2 aromatic rings. The predicted octanol–water partition coefficient (Wildman–Crippen LogP) is 2.60. The number of benzene rings is 1. The second-order valence-corrected chi connectivity index (χ2v) is 4.35. The zero-order valence-electron chi connectivity index (χ0n) is 10.1. The van der Waals surface area contributed by atoms with Crippen LogP contribution in [0.25, 0.3) is 11.4 Å². The molecule has 96 valence electrons. The molecular formula is C12H13F2N3O. The number of nitrogens with two attached hydrogens (primary N) is 1. The maximum atomic E-state index is 13.1. The van der Waals surface area contributed by atoms with Crippen molar-refractivity contribution >= 4 is 0 Å². The van der Waals surface area contributed by atoms with Crippen molar-refractivity contribution in [2.75, 3.05) is 0 Å². The summed E-state index contributed by atoms with van der Waals surface area (Å²) in [6.07, 6.45) is 0.603. The number of hydrogen-bond acceptors (Lipinski definition) is 4. The van der Waals surface area contributed by atoms with E-state index in [2.05, 4.69) is 10.1 Å². The largest absolute Gasteiger partial charge is 0.337 e. The van der Waals surface area contributed by atoms with Crippen molar-refractivity contribution < 1.29 is 13.3 Å². The van der Waals surface area contributed by atoms with Gasteiger partial charge in [-0.2, -0.15) is 4.98 Å². The van der Waals surface area contributed by atoms with E-state index in [0.717, 1.165) is 18.2 Å². The molecule has 18 heavy (non-hydrogen) atoms. The SMILES string of the molecule is CCC(C)(N)c1nc(-c2cc(F)cc(F)c2)no1. The highest BCUT2D eigenvalue weighted by molar-refractivity contribution is 5.54. The van der Waals surface area contributed by atoms with E-state index in [1.165, 1.54) is 0 Å². The van der Waals surface area contributed by atoms with Crippen LogP contribution in [0, 0.1) is 11.6 Å². The maximum Gasteiger partial charge on any atom is 0.246 e. The molecule has 0 aliphatic heterocycles. The number of rotatable bonds is 3. The van der Waals surface area contributed by atoms with E-state index in [4.69, 9.17) is 10.3 Å². The lowest BCUT2D eigenvalue weighted by atomic mass is 10.0. The fourth-order valence-electron chi connectivity index (χ4n) is 1.41. The summed E-state index contributed by atoms with van der Waals surface area (Å²) in [5, 5.41) is 3.68. The summed E-state index contributed by atoms with van der Waals surface area (Å²) in [6.45, 7) is 3.63. The normalized spacial score (nSPS) is 14.5. The summed E-state index contributed by atoms with van der Waals surface area (Å²) in [5.41, 5.74) is 5.41. The first-order chi connectivity index (χ1) is 8.42. The Morgan fingerprint density at radius 2 is 1.89 bits per heavy atom. The van der Waals surface area contributed by atoms with Crippen molar-refractivity contribution in [3.63, 3.8) is 0 Å². The van der Waals surface area contributed by atoms with Crippen LogP contribution in [0.5, 0.6) is 0 Å². The number of aromatic nitrogens is 2. The first-order valence-corrected chi connectivity index (χ1v) is 5.52. The van der Waals surface area contributed by atoms with Gasteiger partial charge in [0.2, 0.25) is 11.7 Å². The molecule has 2 N–H and O–H groups in total. The van der Waals surface area contributed by atoms with Gasteiger partial charge in [-0.15, -0.1) is 0 Å². The molecule has 4 nitrogen and oxygen atoms in total. The van der Waals surface area contributed by atoms with Crippen LogP contribution in [-0.4, -0.2) is 10.1 Å². The molecule has 0 fully saturated rings. The minimum atomic E-state index is -0.753. The summed E-state index contributed by atoms with van der Waals surface area (Å²) in [6, 6.07) is 3.05. The molecule has 0 radical (unpaired) electrons. The molecule has 6 heteroatoms. The summed E-state index contributed by atoms with van der Waals surface area (Å²) < 4.78 is 31.2. The average Bonchev–Trinajstić information content (AvgIpc) is 2.77. The highest BCUT2D eigenvalue weighted by Crippen LogP contribution is 2.24. The van der Waals surface area contributed by atoms with Crippen LogP contribution in [0.1, 0.15) is 26.2 Å². The quantitative estimate of drug-likeness (QED) is 0.913. The fourth-order valence-corrected chi connectivity index (χ4v) is 1.41. The van der Waals surface area contributed by atoms with Crippen molar-refractivity contribution in [1.29, 1.82) is 0 Å². The Morgan fingerprint density at radius 3 is 2.44 bits per heavy atom. The molecule has 0 saturated heterocycles. The molecule has 0 aliphatic rings. The van der Waals surface area contributed by atoms with Crippen LogP contribution in [0.2, 0.25) is 0 Å². The monoisotopic (exact) mass is 253 g/mol. The molecule has 2 rings (SSSR count). The third-order valence-corrected chi connectivity index (χ3v) is 2.77. The van der Waals surface area contributed by atoms with Crippen molar-refractivity contribution in [2.45, 2.75) is 25.8 Å². The van der Waals surface area contributed by atoms with Crippen LogP contribution in [-0.2, 0) is 5.54 Å². The fraction of sp³-hybridized carbons (Fsp3) is 0.333. The first kappa shape index (κ1) is 12.6. The van der Waals surface area contributed by atoms with E-state index in [9.17, 15) is 8.78 Å². The molecule has 0 amide bonds. The summed E-state index contributed by atoms with van der Waals surface area (Å²) in [5.74, 6) is -1.03. The molecule has 1 aromatic carbocycles. The summed E-state index contributed by atoms with van der Waals surface area (Å²) in [7, 11) is 0. The van der Waals surface area contributed by atoms with Gasteiger partial charge in [-0.05, 0) is 25.5 Å². The molecule has 1 heterocycles. The predicted molar refractivity (Wildman–Crippen MR) is 61.5 cm³/mol. The lowest BCUT2D eigenvalue weighted by Gasteiger charge is -2.16. The Labute approximate surface area is 103 Å². The van der Waals surface area contributed by atoms with Gasteiger partial charge >= 0.3 is 0 Å². The molecule has 0 bridgehead atoms. The van der Waals surface area contributed by atoms with Crippen LogP contribution in [0.3, 0.4) is 0 Å². The van der Waals surface area contributed by atoms with E-state index in [1.807, 2.05) is 6.92 Å². The summed E-state index contributed by atoms with van der Waals surface area (Å²) in [4.78, 5) is 4.07. The molecule has 1 unspecified atom stereocenters. The lowest BCUT2D eigenvalue weighted by molar-refractivity contribution is 0.291. The molecule has 0 saturated carbocycles. The van der Waals surface area contributed by atoms with E-state index in [-0.39, 0.29) is 17.3 Å². The van der Waals surface area contributed by atoms with Crippen LogP contribution in [0.15, 0.2) is 22.7 Å². The first-order valence-electron chi connectivity index (χ1n) is 5.52. The van der Waals surface area contributed by atoms with Crippen LogP contribution in [0.4, 0.5) is 8.78 Å². The van der Waals surface area contributed by atoms with Crippen molar-refractivity contribution in [1.82, 2.24) is 10.1 Å². The van der Waals surface area contributed by atoms with Crippen LogP contribution < -0.4 is 5.73 Å². The van der Waals surface area contributed by atoms with Gasteiger partial charge in [0.25, 0.3) is 0 Å². The van der Waals surface area contributed by atoms with Crippen LogP contribution >= 0.6 is 0 Å². The molecule has 1 aromatic heterocycles. The number of nitrogens with zero attached hydrogens (tertiary/aromatic N) is 2. The lowest BCUT2D eigenvalue weighted by Crippen LogP contribution is -2.32. The molecular weight excluding hydrogens is 240 g/mol. The Hall–Kier alpha value is -1.82. The Morgan fingerprint density at radius 1 is 1.28 bits per heavy atom. The van der Waals surface area contributed by atoms with Gasteiger partial charge < -0.3 is 10.3 Å². The summed E-state index contributed by atoms with van der Waals surface area (Å²) >= 11 is 0. The second-order valence-electron chi connectivity index (χ2n) is 4.35. The highest BCUT2D eigenvalue weighted by Gasteiger charge is 2.26. The van der Waals surface area contributed by atoms with Crippen molar-refractivity contribution in [3.8, 4) is 11.4 Å². The minimum absolute atomic E-state index is 0.119. The average molecular weight is 253 g/mol. The third kappa shape index (κ3) is 2.38. The van der Waals surface area contributed by atoms with E-state index >= 15 is 0 Å². The number of halogens is 2. The molecule has 0 spiro atoms. The van der Waals surface area contributed by atoms with Gasteiger partial charge in [-0.1, -0.05) is 12.1 Å². The maximum absolute atomic E-state index is 13.1. The number of hydrogen-bond donors (Lipinski definition) is 1. The molecule has 1 atom stereocenters. The standard InChI is InChI=1S/C12H13F2N3O/c1-3-12(2,15)11-16-10(17-18-11)7-4-8(13)6-9(14)5-7/h4-6H,3,15H2,1-2H3. The second kappa shape index (κ2) is 4.45. The third-order valence-electron chi connectivity index (χ3n) is 2.77. The van der Waals surface area contributed by atoms with Gasteiger partial charge in [0.1, 0.15) is 11.6 Å². The van der Waals surface area contributed by atoms with Crippen molar-refractivity contribution in [3.05, 3.63) is 35.7 Å². The van der Waals surface area contributed by atoms with E-state index in [0.29, 0.717) is 6.42 Å². The Balaban J connectivity index is 2.41. The highest BCUT2D eigenvalue weighted by atomic mass is 19.1. The van der Waals surface area contributed by atoms with E-state index in [1.54, 1.807) is 6.92 Å². The Bertz CT molecular complexity index is 546. The minimum Gasteiger partial charge on any atom is -0.337 e. The van der Waals surface area contributed by atoms with Gasteiger partial charge in [-0.3, -0.25) is 0 Å². The van der Waals surface area contributed by atoms with Crippen molar-refractivity contribution in [2.24, 2.45) is 5.73 Å². The van der Waals surface area contributed by atoms with E-state index < -0.39 is 17.2 Å². The van der Waals surface area contributed by atoms with Gasteiger partial charge in [0.15, 0.2) is 0 Å². The topological polar surface area (TPSA) is 64.9 Å². The van der Waals surface area contributed by atoms with Gasteiger partial charge in [0, 0.05) is 11.6 Å². The Kier molecular flexibility index (Phi) is 3.13. The zero-order valence-corrected chi connectivity index (χ0v) is 10.1. The molecule has 0 aliphatic carbocycles. The van der Waals surface area contributed by atoms with Gasteiger partial charge in [0.05, 0.1) is 5.54 Å². The van der Waals surface area contributed by atoms with Gasteiger partial charge in [-0.25, -0.2) is 8.78 Å².